The molecule has 0 fully saturated rings. The van der Waals surface area contributed by atoms with E-state index >= 15 is 0 Å². The summed E-state index contributed by atoms with van der Waals surface area (Å²) in [6, 6.07) is 13.6. The van der Waals surface area contributed by atoms with Gasteiger partial charge in [0.1, 0.15) is 5.82 Å². The number of benzene rings is 2. The van der Waals surface area contributed by atoms with Gasteiger partial charge >= 0.3 is 0 Å². The van der Waals surface area contributed by atoms with Crippen LogP contribution in [-0.4, -0.2) is 22.2 Å². The first-order chi connectivity index (χ1) is 10.5. The Labute approximate surface area is 129 Å². The highest BCUT2D eigenvalue weighted by molar-refractivity contribution is 5.72. The molecule has 0 aliphatic carbocycles. The van der Waals surface area contributed by atoms with Crippen LogP contribution in [0.15, 0.2) is 54.6 Å². The highest BCUT2D eigenvalue weighted by Crippen LogP contribution is 2.21. The van der Waals surface area contributed by atoms with Gasteiger partial charge in [-0.1, -0.05) is 42.5 Å². The lowest BCUT2D eigenvalue weighted by molar-refractivity contribution is -0.167. The smallest absolute Gasteiger partial charge is 0.243 e. The molecule has 2 rings (SSSR count). The summed E-state index contributed by atoms with van der Waals surface area (Å²) in [5, 5.41) is 10.2. The molecule has 0 bridgehead atoms. The van der Waals surface area contributed by atoms with E-state index in [1.165, 1.54) is 19.1 Å². The van der Waals surface area contributed by atoms with Crippen LogP contribution in [-0.2, 0) is 4.79 Å². The third-order valence-corrected chi connectivity index (χ3v) is 3.34. The molecule has 2 aromatic rings. The van der Waals surface area contributed by atoms with E-state index in [-0.39, 0.29) is 5.82 Å². The summed E-state index contributed by atoms with van der Waals surface area (Å²) in [6.07, 6.45) is 3.58. The molecule has 0 aromatic heterocycles. The maximum atomic E-state index is 13.0. The summed E-state index contributed by atoms with van der Waals surface area (Å²) in [6.45, 7) is 3.03. The van der Waals surface area contributed by atoms with Crippen LogP contribution in [0.4, 0.5) is 4.39 Å². The largest absolute Gasteiger partial charge is 0.285 e. The number of halogens is 1. The molecular weight excluding hydrogens is 281 g/mol. The lowest BCUT2D eigenvalue weighted by Crippen LogP contribution is -2.32. The van der Waals surface area contributed by atoms with Crippen molar-refractivity contribution in [1.29, 1.82) is 0 Å². The van der Waals surface area contributed by atoms with E-state index in [0.717, 1.165) is 16.7 Å². The summed E-state index contributed by atoms with van der Waals surface area (Å²) < 4.78 is 13.0. The first kappa shape index (κ1) is 15.9. The molecule has 114 valence electrons. The van der Waals surface area contributed by atoms with Gasteiger partial charge in [0.15, 0.2) is 0 Å². The summed E-state index contributed by atoms with van der Waals surface area (Å²) >= 11 is 0. The Morgan fingerprint density at radius 2 is 1.86 bits per heavy atom. The summed E-state index contributed by atoms with van der Waals surface area (Å²) in [4.78, 5) is 11.1. The van der Waals surface area contributed by atoms with Gasteiger partial charge in [0.25, 0.3) is 0 Å². The van der Waals surface area contributed by atoms with E-state index in [2.05, 4.69) is 0 Å². The van der Waals surface area contributed by atoms with Crippen molar-refractivity contribution in [2.45, 2.75) is 19.9 Å². The van der Waals surface area contributed by atoms with Crippen molar-refractivity contribution in [2.24, 2.45) is 0 Å². The summed E-state index contributed by atoms with van der Waals surface area (Å²) in [5.74, 6) is -0.668. The molecule has 0 aliphatic rings. The van der Waals surface area contributed by atoms with E-state index in [4.69, 9.17) is 0 Å². The molecular formula is C18H18FNO2. The normalized spacial score (nSPS) is 12.4. The van der Waals surface area contributed by atoms with Gasteiger partial charge < -0.3 is 0 Å². The summed E-state index contributed by atoms with van der Waals surface area (Å²) in [7, 11) is 0. The van der Waals surface area contributed by atoms with E-state index in [9.17, 15) is 14.4 Å². The summed E-state index contributed by atoms with van der Waals surface area (Å²) in [5.41, 5.74) is 2.84. The Bertz CT molecular complexity index is 680. The zero-order chi connectivity index (χ0) is 16.1. The third-order valence-electron chi connectivity index (χ3n) is 3.34. The molecule has 4 heteroatoms. The standard InChI is InChI=1S/C18H18FNO2/c1-13(20(22)14(2)21)6-7-15-4-3-5-17(12-15)16-8-10-18(19)11-9-16/h3-13,22H,1-2H3/b7-6+. The Morgan fingerprint density at radius 1 is 1.18 bits per heavy atom. The Hall–Kier alpha value is -2.46. The van der Waals surface area contributed by atoms with Crippen LogP contribution >= 0.6 is 0 Å². The van der Waals surface area contributed by atoms with Crippen LogP contribution in [0.3, 0.4) is 0 Å². The predicted molar refractivity (Wildman–Crippen MR) is 84.6 cm³/mol. The zero-order valence-electron chi connectivity index (χ0n) is 12.5. The van der Waals surface area contributed by atoms with Crippen LogP contribution < -0.4 is 0 Å². The van der Waals surface area contributed by atoms with Crippen molar-refractivity contribution in [2.75, 3.05) is 0 Å². The number of rotatable bonds is 4. The number of hydrogen-bond donors (Lipinski definition) is 1. The molecule has 0 radical (unpaired) electrons. The van der Waals surface area contributed by atoms with E-state index in [1.54, 1.807) is 25.1 Å². The SMILES string of the molecule is CC(=O)N(O)C(C)/C=C/c1cccc(-c2ccc(F)cc2)c1. The monoisotopic (exact) mass is 299 g/mol. The van der Waals surface area contributed by atoms with Gasteiger partial charge in [-0.25, -0.2) is 9.45 Å². The maximum absolute atomic E-state index is 13.0. The Kier molecular flexibility index (Phi) is 5.07. The quantitative estimate of drug-likeness (QED) is 0.681. The fourth-order valence-electron chi connectivity index (χ4n) is 2.08. The van der Waals surface area contributed by atoms with Crippen molar-refractivity contribution in [3.63, 3.8) is 0 Å². The molecule has 3 nitrogen and oxygen atoms in total. The fourth-order valence-corrected chi connectivity index (χ4v) is 2.08. The second-order valence-corrected chi connectivity index (χ2v) is 5.10. The second-order valence-electron chi connectivity index (χ2n) is 5.10. The number of hydroxylamine groups is 2. The van der Waals surface area contributed by atoms with Crippen LogP contribution in [0.5, 0.6) is 0 Å². The molecule has 0 saturated carbocycles. The average Bonchev–Trinajstić information content (AvgIpc) is 2.52. The number of carbonyl (C=O) groups is 1. The lowest BCUT2D eigenvalue weighted by atomic mass is 10.0. The molecule has 1 unspecified atom stereocenters. The molecule has 0 heterocycles. The Morgan fingerprint density at radius 3 is 2.50 bits per heavy atom. The molecule has 0 spiro atoms. The van der Waals surface area contributed by atoms with Gasteiger partial charge in [-0.2, -0.15) is 0 Å². The predicted octanol–water partition coefficient (Wildman–Crippen LogP) is 4.13. The number of hydrogen-bond acceptors (Lipinski definition) is 2. The van der Waals surface area contributed by atoms with Crippen LogP contribution in [0.25, 0.3) is 17.2 Å². The van der Waals surface area contributed by atoms with Gasteiger partial charge in [-0.15, -0.1) is 0 Å². The molecule has 2 aromatic carbocycles. The van der Waals surface area contributed by atoms with Gasteiger partial charge in [0.2, 0.25) is 5.91 Å². The minimum atomic E-state index is -0.410. The van der Waals surface area contributed by atoms with Crippen molar-refractivity contribution < 1.29 is 14.4 Å². The highest BCUT2D eigenvalue weighted by atomic mass is 19.1. The topological polar surface area (TPSA) is 40.5 Å². The van der Waals surface area contributed by atoms with Crippen molar-refractivity contribution in [3.05, 3.63) is 66.0 Å². The first-order valence-electron chi connectivity index (χ1n) is 7.00. The molecule has 1 atom stereocenters. The molecule has 22 heavy (non-hydrogen) atoms. The van der Waals surface area contributed by atoms with Gasteiger partial charge in [-0.3, -0.25) is 10.0 Å². The third kappa shape index (κ3) is 4.02. The van der Waals surface area contributed by atoms with E-state index in [0.29, 0.717) is 5.06 Å². The van der Waals surface area contributed by atoms with Crippen molar-refractivity contribution >= 4 is 12.0 Å². The molecule has 0 aliphatic heterocycles. The van der Waals surface area contributed by atoms with Crippen molar-refractivity contribution in [1.82, 2.24) is 5.06 Å². The second kappa shape index (κ2) is 7.00. The average molecular weight is 299 g/mol. The number of carbonyl (C=O) groups excluding carboxylic acids is 1. The highest BCUT2D eigenvalue weighted by Gasteiger charge is 2.10. The van der Waals surface area contributed by atoms with E-state index in [1.807, 2.05) is 30.3 Å². The molecule has 0 saturated heterocycles. The van der Waals surface area contributed by atoms with Crippen molar-refractivity contribution in [3.8, 4) is 11.1 Å². The van der Waals surface area contributed by atoms with Gasteiger partial charge in [0, 0.05) is 6.92 Å². The zero-order valence-corrected chi connectivity index (χ0v) is 12.5. The first-order valence-corrected chi connectivity index (χ1v) is 7.00. The minimum absolute atomic E-state index is 0.263. The van der Waals surface area contributed by atoms with Crippen LogP contribution in [0.1, 0.15) is 19.4 Å². The molecule has 1 N–H and O–H groups in total. The lowest BCUT2D eigenvalue weighted by Gasteiger charge is -2.17. The minimum Gasteiger partial charge on any atom is -0.285 e. The Balaban J connectivity index is 2.18. The molecule has 1 amide bonds. The maximum Gasteiger partial charge on any atom is 0.243 e. The van der Waals surface area contributed by atoms with Gasteiger partial charge in [0.05, 0.1) is 6.04 Å². The fraction of sp³-hybridized carbons (Fsp3) is 0.167. The number of nitrogens with zero attached hydrogens (tertiary/aromatic N) is 1. The van der Waals surface area contributed by atoms with E-state index < -0.39 is 11.9 Å². The van der Waals surface area contributed by atoms with Crippen LogP contribution in [0, 0.1) is 5.82 Å². The van der Waals surface area contributed by atoms with Crippen LogP contribution in [0.2, 0.25) is 0 Å². The number of amides is 1. The van der Waals surface area contributed by atoms with Gasteiger partial charge in [-0.05, 0) is 41.8 Å².